The van der Waals surface area contributed by atoms with Crippen LogP contribution in [0, 0.1) is 0 Å². The molecule has 1 aromatic heterocycles. The quantitative estimate of drug-likeness (QED) is 0.914. The number of hydrogen-bond donors (Lipinski definition) is 1. The van der Waals surface area contributed by atoms with E-state index in [0.717, 1.165) is 0 Å². The maximum atomic E-state index is 12.3. The van der Waals surface area contributed by atoms with Crippen LogP contribution in [0.5, 0.6) is 17.4 Å². The van der Waals surface area contributed by atoms with Crippen LogP contribution in [0.3, 0.4) is 0 Å². The van der Waals surface area contributed by atoms with Gasteiger partial charge >= 0.3 is 0 Å². The van der Waals surface area contributed by atoms with Gasteiger partial charge in [0.2, 0.25) is 5.88 Å². The number of aromatic nitrogens is 1. The highest BCUT2D eigenvalue weighted by molar-refractivity contribution is 6.04. The number of methoxy groups -OCH3 is 3. The summed E-state index contributed by atoms with van der Waals surface area (Å²) in [5.74, 6) is 1.00. The molecule has 2 aromatic rings. The number of nitrogens with one attached hydrogen (secondary N) is 1. The maximum absolute atomic E-state index is 12.3. The number of carbonyl (C=O) groups is 1. The molecular weight excluding hydrogens is 272 g/mol. The molecular formula is C15H16N2O4. The van der Waals surface area contributed by atoms with Gasteiger partial charge in [0.25, 0.3) is 5.91 Å². The third-order valence-corrected chi connectivity index (χ3v) is 2.83. The molecule has 0 spiro atoms. The van der Waals surface area contributed by atoms with Crippen LogP contribution in [-0.2, 0) is 0 Å². The second-order valence-electron chi connectivity index (χ2n) is 4.06. The number of amides is 1. The highest BCUT2D eigenvalue weighted by Crippen LogP contribution is 2.34. The number of ether oxygens (including phenoxy) is 3. The zero-order chi connectivity index (χ0) is 15.2. The molecule has 0 fully saturated rings. The van der Waals surface area contributed by atoms with Gasteiger partial charge in [-0.2, -0.15) is 0 Å². The Balaban J connectivity index is 2.30. The largest absolute Gasteiger partial charge is 0.494 e. The van der Waals surface area contributed by atoms with E-state index in [2.05, 4.69) is 10.3 Å². The Morgan fingerprint density at radius 2 is 1.57 bits per heavy atom. The van der Waals surface area contributed by atoms with Gasteiger partial charge < -0.3 is 19.5 Å². The molecule has 0 atom stereocenters. The van der Waals surface area contributed by atoms with Gasteiger partial charge in [0.1, 0.15) is 22.9 Å². The molecule has 6 heteroatoms. The van der Waals surface area contributed by atoms with Crippen LogP contribution in [0.25, 0.3) is 0 Å². The molecule has 0 aliphatic rings. The van der Waals surface area contributed by atoms with Crippen molar-refractivity contribution in [3.63, 3.8) is 0 Å². The minimum Gasteiger partial charge on any atom is -0.494 e. The van der Waals surface area contributed by atoms with Crippen LogP contribution >= 0.6 is 0 Å². The first kappa shape index (κ1) is 14.6. The number of rotatable bonds is 5. The summed E-state index contributed by atoms with van der Waals surface area (Å²) in [5.41, 5.74) is 0.694. The average Bonchev–Trinajstić information content (AvgIpc) is 2.54. The van der Waals surface area contributed by atoms with Gasteiger partial charge in [0.05, 0.1) is 21.3 Å². The Morgan fingerprint density at radius 1 is 0.952 bits per heavy atom. The predicted octanol–water partition coefficient (Wildman–Crippen LogP) is 2.36. The Morgan fingerprint density at radius 3 is 2.14 bits per heavy atom. The normalized spacial score (nSPS) is 9.86. The number of benzene rings is 1. The number of carbonyl (C=O) groups excluding carboxylic acids is 1. The third kappa shape index (κ3) is 3.22. The minimum absolute atomic E-state index is 0.238. The Hall–Kier alpha value is -2.76. The van der Waals surface area contributed by atoms with Crippen LogP contribution in [0.4, 0.5) is 5.69 Å². The first-order valence-electron chi connectivity index (χ1n) is 6.23. The summed E-state index contributed by atoms with van der Waals surface area (Å²) in [7, 11) is 4.54. The lowest BCUT2D eigenvalue weighted by molar-refractivity contribution is 0.102. The summed E-state index contributed by atoms with van der Waals surface area (Å²) in [4.78, 5) is 16.4. The van der Waals surface area contributed by atoms with Crippen LogP contribution in [0.2, 0.25) is 0 Å². The molecule has 0 aliphatic heterocycles. The van der Waals surface area contributed by atoms with Gasteiger partial charge in [-0.05, 0) is 18.2 Å². The van der Waals surface area contributed by atoms with Crippen LogP contribution in [0.1, 0.15) is 10.5 Å². The molecule has 0 unspecified atom stereocenters. The van der Waals surface area contributed by atoms with Crippen molar-refractivity contribution in [2.24, 2.45) is 0 Å². The van der Waals surface area contributed by atoms with Crippen molar-refractivity contribution in [2.45, 2.75) is 0 Å². The smallest absolute Gasteiger partial charge is 0.274 e. The fourth-order valence-corrected chi connectivity index (χ4v) is 1.81. The molecule has 0 saturated heterocycles. The van der Waals surface area contributed by atoms with Crippen molar-refractivity contribution in [2.75, 3.05) is 26.6 Å². The van der Waals surface area contributed by atoms with Crippen molar-refractivity contribution < 1.29 is 19.0 Å². The Labute approximate surface area is 122 Å². The molecule has 2 rings (SSSR count). The molecule has 6 nitrogen and oxygen atoms in total. The monoisotopic (exact) mass is 288 g/mol. The number of anilines is 1. The number of hydrogen-bond acceptors (Lipinski definition) is 5. The van der Waals surface area contributed by atoms with Crippen LogP contribution in [-0.4, -0.2) is 32.2 Å². The molecule has 0 saturated carbocycles. The van der Waals surface area contributed by atoms with Crippen molar-refractivity contribution in [3.8, 4) is 17.4 Å². The minimum atomic E-state index is -0.378. The standard InChI is InChI=1S/C15H16N2O4/c1-19-11-7-5-8-12(20-2)14(11)17-15(18)10-6-4-9-13(16-10)21-3/h4-9H,1-3H3,(H,17,18). The molecule has 1 amide bonds. The van der Waals surface area contributed by atoms with E-state index in [1.807, 2.05) is 0 Å². The zero-order valence-electron chi connectivity index (χ0n) is 12.0. The van der Waals surface area contributed by atoms with Crippen LogP contribution in [0.15, 0.2) is 36.4 Å². The van der Waals surface area contributed by atoms with Gasteiger partial charge in [-0.15, -0.1) is 0 Å². The first-order chi connectivity index (χ1) is 10.2. The molecule has 1 N–H and O–H groups in total. The van der Waals surface area contributed by atoms with Crippen molar-refractivity contribution in [3.05, 3.63) is 42.1 Å². The fraction of sp³-hybridized carbons (Fsp3) is 0.200. The Bertz CT molecular complexity index is 621. The highest BCUT2D eigenvalue weighted by Gasteiger charge is 2.15. The molecule has 110 valence electrons. The Kier molecular flexibility index (Phi) is 4.61. The lowest BCUT2D eigenvalue weighted by Gasteiger charge is -2.13. The summed E-state index contributed by atoms with van der Waals surface area (Å²) in [6.07, 6.45) is 0. The van der Waals surface area contributed by atoms with Crippen LogP contribution < -0.4 is 19.5 Å². The lowest BCUT2D eigenvalue weighted by atomic mass is 10.2. The van der Waals surface area contributed by atoms with Crippen molar-refractivity contribution in [1.29, 1.82) is 0 Å². The second-order valence-corrected chi connectivity index (χ2v) is 4.06. The first-order valence-corrected chi connectivity index (χ1v) is 6.23. The van der Waals surface area contributed by atoms with E-state index >= 15 is 0 Å². The summed E-state index contributed by atoms with van der Waals surface area (Å²) < 4.78 is 15.5. The molecule has 1 heterocycles. The second kappa shape index (κ2) is 6.60. The number of nitrogens with zero attached hydrogens (tertiary/aromatic N) is 1. The van der Waals surface area contributed by atoms with Crippen molar-refractivity contribution in [1.82, 2.24) is 4.98 Å². The van der Waals surface area contributed by atoms with Gasteiger partial charge in [-0.3, -0.25) is 4.79 Å². The fourth-order valence-electron chi connectivity index (χ4n) is 1.81. The molecule has 0 radical (unpaired) electrons. The summed E-state index contributed by atoms with van der Waals surface area (Å²) in [6.45, 7) is 0. The SMILES string of the molecule is COc1cccc(C(=O)Nc2c(OC)cccc2OC)n1. The topological polar surface area (TPSA) is 69.7 Å². The third-order valence-electron chi connectivity index (χ3n) is 2.83. The lowest BCUT2D eigenvalue weighted by Crippen LogP contribution is -2.15. The van der Waals surface area contributed by atoms with E-state index in [4.69, 9.17) is 14.2 Å². The maximum Gasteiger partial charge on any atom is 0.274 e. The molecule has 0 aliphatic carbocycles. The van der Waals surface area contributed by atoms with E-state index in [1.54, 1.807) is 36.4 Å². The molecule has 21 heavy (non-hydrogen) atoms. The summed E-state index contributed by atoms with van der Waals surface area (Å²) >= 11 is 0. The van der Waals surface area contributed by atoms with E-state index in [0.29, 0.717) is 23.1 Å². The summed E-state index contributed by atoms with van der Waals surface area (Å²) in [5, 5.41) is 2.74. The number of para-hydroxylation sites is 1. The van der Waals surface area contributed by atoms with E-state index in [9.17, 15) is 4.79 Å². The van der Waals surface area contributed by atoms with Crippen molar-refractivity contribution >= 4 is 11.6 Å². The zero-order valence-corrected chi connectivity index (χ0v) is 12.0. The average molecular weight is 288 g/mol. The summed E-state index contributed by atoms with van der Waals surface area (Å²) in [6, 6.07) is 10.2. The van der Waals surface area contributed by atoms with Gasteiger partial charge in [0, 0.05) is 6.07 Å². The van der Waals surface area contributed by atoms with Gasteiger partial charge in [-0.1, -0.05) is 12.1 Å². The van der Waals surface area contributed by atoms with E-state index in [1.165, 1.54) is 21.3 Å². The predicted molar refractivity (Wildman–Crippen MR) is 78.3 cm³/mol. The highest BCUT2D eigenvalue weighted by atomic mass is 16.5. The molecule has 0 bridgehead atoms. The van der Waals surface area contributed by atoms with Gasteiger partial charge in [-0.25, -0.2) is 4.98 Å². The van der Waals surface area contributed by atoms with E-state index in [-0.39, 0.29) is 11.6 Å². The van der Waals surface area contributed by atoms with Gasteiger partial charge in [0.15, 0.2) is 0 Å². The van der Waals surface area contributed by atoms with E-state index < -0.39 is 0 Å². The molecule has 1 aromatic carbocycles. The number of pyridine rings is 1.